The molecule has 0 spiro atoms. The van der Waals surface area contributed by atoms with Crippen LogP contribution in [0.15, 0.2) is 0 Å². The fraction of sp³-hybridized carbons (Fsp3) is 0.875. The van der Waals surface area contributed by atoms with Gasteiger partial charge in [0, 0.05) is 13.2 Å². The molecule has 1 fully saturated rings. The van der Waals surface area contributed by atoms with Gasteiger partial charge >= 0.3 is 0 Å². The van der Waals surface area contributed by atoms with E-state index in [4.69, 9.17) is 10.3 Å². The predicted octanol–water partition coefficient (Wildman–Crippen LogP) is 1.96. The maximum atomic E-state index is 8.01. The van der Waals surface area contributed by atoms with Crippen LogP contribution < -0.4 is 0 Å². The molecule has 0 atom stereocenters. The summed E-state index contributed by atoms with van der Waals surface area (Å²) in [5.74, 6) is 1.63. The van der Waals surface area contributed by atoms with Crippen LogP contribution in [0.2, 0.25) is 19.6 Å². The van der Waals surface area contributed by atoms with Crippen LogP contribution in [0, 0.1) is 0 Å². The maximum Gasteiger partial charge on any atom is 0.226 e. The van der Waals surface area contributed by atoms with E-state index in [-0.39, 0.29) is 0 Å². The lowest BCUT2D eigenvalue weighted by Gasteiger charge is -1.95. The molecule has 0 aromatic rings. The van der Waals surface area contributed by atoms with Gasteiger partial charge in [0.25, 0.3) is 0 Å². The molecule has 1 heterocycles. The third kappa shape index (κ3) is 9.56. The van der Waals surface area contributed by atoms with E-state index in [1.807, 2.05) is 0 Å². The minimum Gasteiger partial charge on any atom is -0.381 e. The number of ether oxygens (including phenoxy) is 1. The molecule has 4 heteroatoms. The molecule has 0 amide bonds. The van der Waals surface area contributed by atoms with Gasteiger partial charge in [0.1, 0.15) is 0 Å². The van der Waals surface area contributed by atoms with Gasteiger partial charge in [-0.15, -0.1) is 0 Å². The zero-order valence-corrected chi connectivity index (χ0v) is 9.21. The molecular weight excluding hydrogens is 168 g/mol. The van der Waals surface area contributed by atoms with E-state index in [2.05, 4.69) is 24.4 Å². The minimum atomic E-state index is -1.20. The van der Waals surface area contributed by atoms with E-state index in [0.717, 1.165) is 13.2 Å². The van der Waals surface area contributed by atoms with Gasteiger partial charge in [-0.2, -0.15) is 4.79 Å². The minimum absolute atomic E-state index is 1.00. The van der Waals surface area contributed by atoms with Gasteiger partial charge in [-0.3, -0.25) is 0 Å². The van der Waals surface area contributed by atoms with Crippen molar-refractivity contribution in [3.63, 3.8) is 0 Å². The summed E-state index contributed by atoms with van der Waals surface area (Å²) in [6.45, 7) is 8.31. The van der Waals surface area contributed by atoms with Gasteiger partial charge in [0.05, 0.1) is 0 Å². The summed E-state index contributed by atoms with van der Waals surface area (Å²) in [4.78, 5) is 2.94. The fourth-order valence-corrected chi connectivity index (χ4v) is 1.03. The van der Waals surface area contributed by atoms with Crippen LogP contribution in [-0.2, 0) is 4.74 Å². The van der Waals surface area contributed by atoms with Crippen molar-refractivity contribution in [3.8, 4) is 0 Å². The van der Waals surface area contributed by atoms with Crippen LogP contribution in [0.25, 0.3) is 5.53 Å². The van der Waals surface area contributed by atoms with Gasteiger partial charge in [-0.1, -0.05) is 19.6 Å². The average Bonchev–Trinajstić information content (AvgIpc) is 2.38. The predicted molar refractivity (Wildman–Crippen MR) is 53.1 cm³/mol. The first-order valence-electron chi connectivity index (χ1n) is 4.32. The van der Waals surface area contributed by atoms with Crippen LogP contribution in [-0.4, -0.2) is 31.9 Å². The normalized spacial score (nSPS) is 15.9. The Morgan fingerprint density at radius 1 is 1.25 bits per heavy atom. The van der Waals surface area contributed by atoms with Gasteiger partial charge in [0.2, 0.25) is 5.84 Å². The SMILES string of the molecule is C1CCOC1.C[Si](C)(C)C=[N+]=[N-]. The molecule has 12 heavy (non-hydrogen) atoms. The zero-order chi connectivity index (χ0) is 9.45. The van der Waals surface area contributed by atoms with E-state index < -0.39 is 8.07 Å². The van der Waals surface area contributed by atoms with Crippen LogP contribution in [0.4, 0.5) is 0 Å². The molecule has 0 N–H and O–H groups in total. The van der Waals surface area contributed by atoms with E-state index in [1.54, 1.807) is 5.84 Å². The largest absolute Gasteiger partial charge is 0.381 e. The molecule has 0 aromatic heterocycles. The van der Waals surface area contributed by atoms with Crippen molar-refractivity contribution in [3.05, 3.63) is 5.53 Å². The van der Waals surface area contributed by atoms with Crippen molar-refractivity contribution >= 4 is 13.9 Å². The molecule has 1 saturated heterocycles. The Bertz CT molecular complexity index is 147. The Balaban J connectivity index is 0.000000211. The Morgan fingerprint density at radius 2 is 1.75 bits per heavy atom. The molecule has 1 aliphatic heterocycles. The van der Waals surface area contributed by atoms with Crippen molar-refractivity contribution < 1.29 is 9.53 Å². The molecule has 70 valence electrons. The number of hydrogen-bond donors (Lipinski definition) is 0. The molecule has 0 unspecified atom stereocenters. The summed E-state index contributed by atoms with van der Waals surface area (Å²) in [6, 6.07) is 0. The summed E-state index contributed by atoms with van der Waals surface area (Å²) >= 11 is 0. The van der Waals surface area contributed by atoms with Crippen LogP contribution in [0.3, 0.4) is 0 Å². The number of rotatable bonds is 1. The lowest BCUT2D eigenvalue weighted by Crippen LogP contribution is -2.22. The van der Waals surface area contributed by atoms with Crippen molar-refractivity contribution in [2.75, 3.05) is 13.2 Å². The summed E-state index contributed by atoms with van der Waals surface area (Å²) in [5, 5.41) is 0. The van der Waals surface area contributed by atoms with Crippen molar-refractivity contribution in [1.29, 1.82) is 0 Å². The van der Waals surface area contributed by atoms with Crippen LogP contribution in [0.1, 0.15) is 12.8 Å². The first-order chi connectivity index (χ1) is 5.56. The summed E-state index contributed by atoms with van der Waals surface area (Å²) in [6.07, 6.45) is 2.56. The van der Waals surface area contributed by atoms with Gasteiger partial charge in [0.15, 0.2) is 8.07 Å². The smallest absolute Gasteiger partial charge is 0.226 e. The van der Waals surface area contributed by atoms with E-state index >= 15 is 0 Å². The second-order valence-electron chi connectivity index (χ2n) is 3.93. The van der Waals surface area contributed by atoms with E-state index in [0.29, 0.717) is 0 Å². The first-order valence-corrected chi connectivity index (χ1v) is 7.90. The van der Waals surface area contributed by atoms with Crippen molar-refractivity contribution in [1.82, 2.24) is 0 Å². The summed E-state index contributed by atoms with van der Waals surface area (Å²) < 4.78 is 4.94. The summed E-state index contributed by atoms with van der Waals surface area (Å²) in [5.41, 5.74) is 8.01. The highest BCUT2D eigenvalue weighted by molar-refractivity contribution is 6.98. The Kier molecular flexibility index (Phi) is 5.89. The maximum absolute atomic E-state index is 8.01. The van der Waals surface area contributed by atoms with Gasteiger partial charge < -0.3 is 10.3 Å². The molecule has 0 saturated carbocycles. The number of nitrogens with zero attached hydrogens (tertiary/aromatic N) is 2. The summed E-state index contributed by atoms with van der Waals surface area (Å²) in [7, 11) is -1.20. The Hall–Kier alpha value is -0.443. The van der Waals surface area contributed by atoms with Crippen molar-refractivity contribution in [2.24, 2.45) is 0 Å². The van der Waals surface area contributed by atoms with Crippen LogP contribution >= 0.6 is 0 Å². The van der Waals surface area contributed by atoms with Crippen molar-refractivity contribution in [2.45, 2.75) is 32.5 Å². The molecule has 0 aromatic carbocycles. The Labute approximate surface area is 75.4 Å². The highest BCUT2D eigenvalue weighted by Gasteiger charge is 2.14. The van der Waals surface area contributed by atoms with Crippen LogP contribution in [0.5, 0.6) is 0 Å². The third-order valence-electron chi connectivity index (χ3n) is 1.27. The highest BCUT2D eigenvalue weighted by atomic mass is 28.3. The zero-order valence-electron chi connectivity index (χ0n) is 8.21. The lowest BCUT2D eigenvalue weighted by atomic mass is 10.4. The molecule has 1 rings (SSSR count). The quantitative estimate of drug-likeness (QED) is 0.267. The molecule has 3 nitrogen and oxygen atoms in total. The van der Waals surface area contributed by atoms with Gasteiger partial charge in [-0.25, -0.2) is 0 Å². The van der Waals surface area contributed by atoms with Gasteiger partial charge in [-0.05, 0) is 12.8 Å². The highest BCUT2D eigenvalue weighted by Crippen LogP contribution is 1.98. The Morgan fingerprint density at radius 3 is 1.83 bits per heavy atom. The standard InChI is InChI=1S/C4H10N2Si.C4H8O/c1-7(2,3)4-6-5;1-2-4-5-3-1/h4H,1-3H3;1-4H2. The molecule has 1 aliphatic rings. The molecule has 0 radical (unpaired) electrons. The number of hydrogen-bond acceptors (Lipinski definition) is 1. The lowest BCUT2D eigenvalue weighted by molar-refractivity contribution is 0.00680. The monoisotopic (exact) mass is 186 g/mol. The molecule has 0 aliphatic carbocycles. The second kappa shape index (κ2) is 6.12. The topological polar surface area (TPSA) is 45.6 Å². The second-order valence-corrected chi connectivity index (χ2v) is 8.92. The fourth-order valence-electron chi connectivity index (χ4n) is 0.684. The van der Waals surface area contributed by atoms with E-state index in [1.165, 1.54) is 12.8 Å². The first kappa shape index (κ1) is 11.6. The van der Waals surface area contributed by atoms with E-state index in [9.17, 15) is 0 Å². The molecule has 0 bridgehead atoms. The molecular formula is C8H18N2OSi. The third-order valence-corrected chi connectivity index (χ3v) is 2.16. The average molecular weight is 186 g/mol.